The molecular formula is C11H10F4N2O4. The first-order valence-electron chi connectivity index (χ1n) is 5.43. The van der Waals surface area contributed by atoms with Crippen molar-refractivity contribution in [1.82, 2.24) is 5.32 Å². The number of benzene rings is 1. The zero-order valence-electron chi connectivity index (χ0n) is 10.2. The van der Waals surface area contributed by atoms with Crippen LogP contribution < -0.4 is 10.6 Å². The van der Waals surface area contributed by atoms with Crippen molar-refractivity contribution in [2.45, 2.75) is 12.2 Å². The van der Waals surface area contributed by atoms with Crippen LogP contribution in [0.15, 0.2) is 18.2 Å². The lowest BCUT2D eigenvalue weighted by Gasteiger charge is -2.14. The third-order valence-electron chi connectivity index (χ3n) is 2.32. The Kier molecular flexibility index (Phi) is 5.08. The number of urea groups is 1. The van der Waals surface area contributed by atoms with Crippen molar-refractivity contribution in [2.24, 2.45) is 0 Å². The molecule has 0 bridgehead atoms. The molecule has 1 aromatic rings. The van der Waals surface area contributed by atoms with E-state index in [2.05, 4.69) is 0 Å². The van der Waals surface area contributed by atoms with E-state index in [0.717, 1.165) is 6.07 Å². The van der Waals surface area contributed by atoms with Gasteiger partial charge in [0.2, 0.25) is 0 Å². The molecule has 1 atom stereocenters. The third-order valence-corrected chi connectivity index (χ3v) is 2.32. The van der Waals surface area contributed by atoms with Crippen LogP contribution in [-0.4, -0.2) is 34.9 Å². The highest BCUT2D eigenvalue weighted by Crippen LogP contribution is 2.32. The molecule has 21 heavy (non-hydrogen) atoms. The molecule has 0 aliphatic carbocycles. The minimum Gasteiger partial charge on any atom is -0.480 e. The van der Waals surface area contributed by atoms with E-state index in [9.17, 15) is 27.2 Å². The third kappa shape index (κ3) is 4.60. The smallest absolute Gasteiger partial charge is 0.419 e. The van der Waals surface area contributed by atoms with Crippen LogP contribution in [0.4, 0.5) is 28.0 Å². The Morgan fingerprint density at radius 1 is 1.29 bits per heavy atom. The fourth-order valence-electron chi connectivity index (χ4n) is 1.33. The fourth-order valence-corrected chi connectivity index (χ4v) is 1.33. The molecule has 0 saturated carbocycles. The van der Waals surface area contributed by atoms with E-state index in [1.807, 2.05) is 10.6 Å². The first-order valence-corrected chi connectivity index (χ1v) is 5.43. The van der Waals surface area contributed by atoms with Gasteiger partial charge < -0.3 is 20.8 Å². The second-order valence-corrected chi connectivity index (χ2v) is 3.86. The van der Waals surface area contributed by atoms with Gasteiger partial charge in [-0.3, -0.25) is 0 Å². The summed E-state index contributed by atoms with van der Waals surface area (Å²) in [6.07, 6.45) is -4.94. The molecule has 0 spiro atoms. The molecule has 10 heteroatoms. The molecule has 4 N–H and O–H groups in total. The molecule has 0 aromatic heterocycles. The summed E-state index contributed by atoms with van der Waals surface area (Å²) in [5.74, 6) is -3.03. The van der Waals surface area contributed by atoms with E-state index >= 15 is 0 Å². The van der Waals surface area contributed by atoms with Crippen LogP contribution in [0.1, 0.15) is 5.56 Å². The van der Waals surface area contributed by atoms with Gasteiger partial charge in [0.1, 0.15) is 5.82 Å². The second-order valence-electron chi connectivity index (χ2n) is 3.86. The highest BCUT2D eigenvalue weighted by molar-refractivity contribution is 5.92. The zero-order valence-corrected chi connectivity index (χ0v) is 10.2. The van der Waals surface area contributed by atoms with Gasteiger partial charge in [-0.25, -0.2) is 14.0 Å². The summed E-state index contributed by atoms with van der Waals surface area (Å²) in [4.78, 5) is 21.9. The lowest BCUT2D eigenvalue weighted by Crippen LogP contribution is -2.45. The normalized spacial score (nSPS) is 12.6. The number of rotatable bonds is 4. The van der Waals surface area contributed by atoms with E-state index in [4.69, 9.17) is 10.2 Å². The number of nitrogens with one attached hydrogen (secondary N) is 2. The maximum Gasteiger partial charge on any atom is 0.419 e. The first kappa shape index (κ1) is 16.7. The summed E-state index contributed by atoms with van der Waals surface area (Å²) in [5, 5.41) is 21.0. The SMILES string of the molecule is O=C(Nc1ccc(F)c(C(F)(F)F)c1)N[C@@H](CO)C(=O)O. The minimum absolute atomic E-state index is 0.365. The molecule has 6 nitrogen and oxygen atoms in total. The van der Waals surface area contributed by atoms with Crippen LogP contribution in [0.3, 0.4) is 0 Å². The predicted octanol–water partition coefficient (Wildman–Crippen LogP) is 1.41. The number of hydrogen-bond acceptors (Lipinski definition) is 3. The van der Waals surface area contributed by atoms with Crippen molar-refractivity contribution in [3.05, 3.63) is 29.6 Å². The van der Waals surface area contributed by atoms with E-state index in [-0.39, 0.29) is 5.69 Å². The lowest BCUT2D eigenvalue weighted by atomic mass is 10.2. The van der Waals surface area contributed by atoms with Crippen LogP contribution in [-0.2, 0) is 11.0 Å². The second kappa shape index (κ2) is 6.39. The first-order chi connectivity index (χ1) is 9.65. The number of carboxylic acids is 1. The molecule has 116 valence electrons. The number of alkyl halides is 3. The van der Waals surface area contributed by atoms with Crippen molar-refractivity contribution in [3.63, 3.8) is 0 Å². The maximum atomic E-state index is 13.0. The molecule has 1 aromatic carbocycles. The molecule has 0 unspecified atom stereocenters. The van der Waals surface area contributed by atoms with Gasteiger partial charge in [0.15, 0.2) is 6.04 Å². The summed E-state index contributed by atoms with van der Waals surface area (Å²) in [5.41, 5.74) is -1.96. The highest BCUT2D eigenvalue weighted by Gasteiger charge is 2.34. The van der Waals surface area contributed by atoms with Crippen LogP contribution in [0.2, 0.25) is 0 Å². The number of carbonyl (C=O) groups excluding carboxylic acids is 1. The Morgan fingerprint density at radius 3 is 2.38 bits per heavy atom. The number of carbonyl (C=O) groups is 2. The Balaban J connectivity index is 2.84. The number of halogens is 4. The van der Waals surface area contributed by atoms with Crippen LogP contribution >= 0.6 is 0 Å². The molecule has 2 amide bonds. The molecular weight excluding hydrogens is 300 g/mol. The van der Waals surface area contributed by atoms with Gasteiger partial charge >= 0.3 is 18.2 Å². The Hall–Kier alpha value is -2.36. The van der Waals surface area contributed by atoms with E-state index in [1.54, 1.807) is 0 Å². The standard InChI is InChI=1S/C11H10F4N2O4/c12-7-2-1-5(3-6(7)11(13,14)15)16-10(21)17-8(4-18)9(19)20/h1-3,8,18H,4H2,(H,19,20)(H2,16,17,21)/t8-/m0/s1. The molecule has 0 radical (unpaired) electrons. The Bertz CT molecular complexity index is 548. The van der Waals surface area contributed by atoms with E-state index in [0.29, 0.717) is 12.1 Å². The van der Waals surface area contributed by atoms with Gasteiger partial charge in [-0.05, 0) is 18.2 Å². The van der Waals surface area contributed by atoms with Gasteiger partial charge in [-0.15, -0.1) is 0 Å². The van der Waals surface area contributed by atoms with Crippen molar-refractivity contribution >= 4 is 17.7 Å². The summed E-state index contributed by atoms with van der Waals surface area (Å²) in [7, 11) is 0. The predicted molar refractivity (Wildman–Crippen MR) is 62.1 cm³/mol. The molecule has 0 aliphatic heterocycles. The van der Waals surface area contributed by atoms with Gasteiger partial charge in [-0.2, -0.15) is 13.2 Å². The maximum absolute atomic E-state index is 13.0. The molecule has 0 fully saturated rings. The van der Waals surface area contributed by atoms with Crippen LogP contribution in [0, 0.1) is 5.82 Å². The summed E-state index contributed by atoms with van der Waals surface area (Å²) >= 11 is 0. The molecule has 1 rings (SSSR count). The van der Waals surface area contributed by atoms with Gasteiger partial charge in [0.25, 0.3) is 0 Å². The molecule has 0 heterocycles. The number of aliphatic hydroxyl groups excluding tert-OH is 1. The Labute approximate surface area is 115 Å². The number of aliphatic hydroxyl groups is 1. The van der Waals surface area contributed by atoms with Crippen LogP contribution in [0.5, 0.6) is 0 Å². The largest absolute Gasteiger partial charge is 0.480 e. The van der Waals surface area contributed by atoms with Crippen molar-refractivity contribution in [2.75, 3.05) is 11.9 Å². The quantitative estimate of drug-likeness (QED) is 0.632. The number of aliphatic carboxylic acids is 1. The lowest BCUT2D eigenvalue weighted by molar-refractivity contribution is -0.140. The number of amides is 2. The van der Waals surface area contributed by atoms with Gasteiger partial charge in [-0.1, -0.05) is 0 Å². The highest BCUT2D eigenvalue weighted by atomic mass is 19.4. The van der Waals surface area contributed by atoms with Crippen LogP contribution in [0.25, 0.3) is 0 Å². The number of carboxylic acid groups (broad SMARTS) is 1. The number of hydrogen-bond donors (Lipinski definition) is 4. The van der Waals surface area contributed by atoms with Gasteiger partial charge in [0, 0.05) is 5.69 Å². The summed E-state index contributed by atoms with van der Waals surface area (Å²) < 4.78 is 50.4. The molecule has 0 saturated heterocycles. The van der Waals surface area contributed by atoms with E-state index < -0.39 is 42.2 Å². The topological polar surface area (TPSA) is 98.7 Å². The summed E-state index contributed by atoms with van der Waals surface area (Å²) in [6, 6.07) is -1.02. The fraction of sp³-hybridized carbons (Fsp3) is 0.273. The Morgan fingerprint density at radius 2 is 1.90 bits per heavy atom. The number of anilines is 1. The van der Waals surface area contributed by atoms with Crippen molar-refractivity contribution < 1.29 is 37.4 Å². The summed E-state index contributed by atoms with van der Waals surface area (Å²) in [6.45, 7) is -0.903. The van der Waals surface area contributed by atoms with Gasteiger partial charge in [0.05, 0.1) is 12.2 Å². The monoisotopic (exact) mass is 310 g/mol. The van der Waals surface area contributed by atoms with Crippen molar-refractivity contribution in [3.8, 4) is 0 Å². The van der Waals surface area contributed by atoms with Crippen molar-refractivity contribution in [1.29, 1.82) is 0 Å². The molecule has 0 aliphatic rings. The average molecular weight is 310 g/mol. The average Bonchev–Trinajstić information content (AvgIpc) is 2.36. The minimum atomic E-state index is -4.94. The zero-order chi connectivity index (χ0) is 16.2. The van der Waals surface area contributed by atoms with E-state index in [1.165, 1.54) is 0 Å².